The maximum absolute atomic E-state index is 12.3. The predicted molar refractivity (Wildman–Crippen MR) is 81.9 cm³/mol. The van der Waals surface area contributed by atoms with Gasteiger partial charge in [-0.2, -0.15) is 4.98 Å². The molecule has 0 N–H and O–H groups in total. The molecule has 5 heteroatoms. The van der Waals surface area contributed by atoms with Crippen LogP contribution in [0, 0.1) is 0 Å². The first-order chi connectivity index (χ1) is 9.58. The van der Waals surface area contributed by atoms with Crippen molar-refractivity contribution in [2.75, 3.05) is 14.1 Å². The van der Waals surface area contributed by atoms with Crippen molar-refractivity contribution in [1.29, 1.82) is 0 Å². The molecule has 0 radical (unpaired) electrons. The summed E-state index contributed by atoms with van der Waals surface area (Å²) in [6, 6.07) is 5.55. The first-order valence-corrected chi connectivity index (χ1v) is 7.02. The molecule has 0 amide bonds. The lowest BCUT2D eigenvalue weighted by molar-refractivity contribution is 0.551. The molecule has 0 saturated heterocycles. The minimum absolute atomic E-state index is 0.247. The number of aromatic nitrogens is 2. The Morgan fingerprint density at radius 2 is 2.20 bits per heavy atom. The number of fused-ring (bicyclic) bond motifs is 3. The molecule has 1 aliphatic heterocycles. The first kappa shape index (κ1) is 13.2. The molecule has 0 aliphatic carbocycles. The molecule has 2 heterocycles. The third kappa shape index (κ3) is 2.10. The van der Waals surface area contributed by atoms with E-state index in [1.54, 1.807) is 6.07 Å². The van der Waals surface area contributed by atoms with Crippen molar-refractivity contribution in [2.24, 2.45) is 0 Å². The second-order valence-corrected chi connectivity index (χ2v) is 5.65. The summed E-state index contributed by atoms with van der Waals surface area (Å²) in [5, 5.41) is 0.989. The van der Waals surface area contributed by atoms with Gasteiger partial charge in [0, 0.05) is 32.4 Å². The van der Waals surface area contributed by atoms with Crippen molar-refractivity contribution < 1.29 is 0 Å². The lowest BCUT2D eigenvalue weighted by Gasteiger charge is -2.23. The molecule has 3 rings (SSSR count). The molecule has 0 spiro atoms. The Bertz CT molecular complexity index is 762. The molecule has 1 aromatic carbocycles. The van der Waals surface area contributed by atoms with E-state index in [2.05, 4.69) is 9.55 Å². The predicted octanol–water partition coefficient (Wildman–Crippen LogP) is 2.75. The summed E-state index contributed by atoms with van der Waals surface area (Å²) in [6.45, 7) is 0.865. The highest BCUT2D eigenvalue weighted by Crippen LogP contribution is 2.28. The van der Waals surface area contributed by atoms with Crippen LogP contribution in [-0.4, -0.2) is 28.5 Å². The van der Waals surface area contributed by atoms with Crippen LogP contribution in [0.4, 0.5) is 0 Å². The van der Waals surface area contributed by atoms with E-state index >= 15 is 0 Å². The van der Waals surface area contributed by atoms with Crippen LogP contribution in [0.2, 0.25) is 5.02 Å². The summed E-state index contributed by atoms with van der Waals surface area (Å²) in [4.78, 5) is 18.5. The minimum atomic E-state index is -0.247. The maximum atomic E-state index is 12.3. The molecular formula is C15H16ClN3O. The smallest absolute Gasteiger partial charge is 0.282 e. The number of halogens is 1. The zero-order valence-electron chi connectivity index (χ0n) is 11.6. The van der Waals surface area contributed by atoms with Gasteiger partial charge in [-0.1, -0.05) is 17.7 Å². The van der Waals surface area contributed by atoms with Crippen molar-refractivity contribution in [2.45, 2.75) is 19.4 Å². The van der Waals surface area contributed by atoms with Gasteiger partial charge in [-0.3, -0.25) is 4.79 Å². The second-order valence-electron chi connectivity index (χ2n) is 5.25. The van der Waals surface area contributed by atoms with Crippen LogP contribution in [0.15, 0.2) is 29.2 Å². The summed E-state index contributed by atoms with van der Waals surface area (Å²) in [5.74, 6) is 0.768. The fourth-order valence-electron chi connectivity index (χ4n) is 2.72. The summed E-state index contributed by atoms with van der Waals surface area (Å²) >= 11 is 6.15. The van der Waals surface area contributed by atoms with E-state index in [9.17, 15) is 4.79 Å². The third-order valence-electron chi connectivity index (χ3n) is 3.49. The molecule has 2 aromatic rings. The Hall–Kier alpha value is -1.81. The van der Waals surface area contributed by atoms with Crippen molar-refractivity contribution in [3.63, 3.8) is 0 Å². The van der Waals surface area contributed by atoms with E-state index in [0.29, 0.717) is 10.4 Å². The van der Waals surface area contributed by atoms with Crippen molar-refractivity contribution in [3.05, 3.63) is 45.6 Å². The lowest BCUT2D eigenvalue weighted by atomic mass is 10.1. The van der Waals surface area contributed by atoms with E-state index in [0.717, 1.165) is 36.3 Å². The molecule has 0 bridgehead atoms. The molecule has 0 unspecified atom stereocenters. The standard InChI is InChI=1S/C15H16ClN3O/c1-18(2)9-10-5-4-8-19-12-7-3-6-11(16)13(12)15(20)17-14(10)19/h3,6-7,9H,4-5,8H2,1-2H3/b10-9+. The van der Waals surface area contributed by atoms with Crippen LogP contribution in [0.3, 0.4) is 0 Å². The largest absolute Gasteiger partial charge is 0.383 e. The van der Waals surface area contributed by atoms with Gasteiger partial charge in [0.2, 0.25) is 0 Å². The van der Waals surface area contributed by atoms with E-state index in [4.69, 9.17) is 11.6 Å². The summed E-state index contributed by atoms with van der Waals surface area (Å²) in [6.07, 6.45) is 4.02. The molecule has 20 heavy (non-hydrogen) atoms. The molecule has 0 fully saturated rings. The number of hydrogen-bond donors (Lipinski definition) is 0. The second kappa shape index (κ2) is 4.94. The van der Waals surface area contributed by atoms with Gasteiger partial charge in [-0.15, -0.1) is 0 Å². The molecule has 0 saturated carbocycles. The van der Waals surface area contributed by atoms with Crippen molar-refractivity contribution >= 4 is 28.1 Å². The number of hydrogen-bond acceptors (Lipinski definition) is 3. The van der Waals surface area contributed by atoms with Gasteiger partial charge in [-0.05, 0) is 25.0 Å². The van der Waals surface area contributed by atoms with E-state index in [1.165, 1.54) is 0 Å². The molecular weight excluding hydrogens is 274 g/mol. The highest BCUT2D eigenvalue weighted by molar-refractivity contribution is 6.35. The maximum Gasteiger partial charge on any atom is 0.282 e. The number of rotatable bonds is 1. The average molecular weight is 290 g/mol. The van der Waals surface area contributed by atoms with Gasteiger partial charge in [0.1, 0.15) is 5.82 Å². The van der Waals surface area contributed by atoms with Crippen molar-refractivity contribution in [1.82, 2.24) is 14.5 Å². The van der Waals surface area contributed by atoms with Crippen LogP contribution in [-0.2, 0) is 6.54 Å². The zero-order valence-corrected chi connectivity index (χ0v) is 12.3. The van der Waals surface area contributed by atoms with Gasteiger partial charge < -0.3 is 9.47 Å². The van der Waals surface area contributed by atoms with Gasteiger partial charge in [0.25, 0.3) is 5.56 Å². The first-order valence-electron chi connectivity index (χ1n) is 6.64. The number of benzene rings is 1. The molecule has 4 nitrogen and oxygen atoms in total. The fourth-order valence-corrected chi connectivity index (χ4v) is 2.97. The van der Waals surface area contributed by atoms with Crippen molar-refractivity contribution in [3.8, 4) is 0 Å². The van der Waals surface area contributed by atoms with Crippen LogP contribution < -0.4 is 5.56 Å². The molecule has 1 aliphatic rings. The summed E-state index contributed by atoms with van der Waals surface area (Å²) in [7, 11) is 3.95. The normalized spacial score (nSPS) is 16.4. The Morgan fingerprint density at radius 1 is 1.40 bits per heavy atom. The topological polar surface area (TPSA) is 38.1 Å². The van der Waals surface area contributed by atoms with E-state index in [-0.39, 0.29) is 5.56 Å². The fraction of sp³-hybridized carbons (Fsp3) is 0.333. The van der Waals surface area contributed by atoms with Gasteiger partial charge >= 0.3 is 0 Å². The van der Waals surface area contributed by atoms with E-state index in [1.807, 2.05) is 37.3 Å². The molecule has 1 aromatic heterocycles. The summed E-state index contributed by atoms with van der Waals surface area (Å²) < 4.78 is 2.10. The van der Waals surface area contributed by atoms with Crippen LogP contribution in [0.25, 0.3) is 16.5 Å². The Kier molecular flexibility index (Phi) is 3.26. The van der Waals surface area contributed by atoms with Gasteiger partial charge in [-0.25, -0.2) is 0 Å². The average Bonchev–Trinajstić information content (AvgIpc) is 2.39. The Balaban J connectivity index is 2.36. The number of aryl methyl sites for hydroxylation is 1. The highest BCUT2D eigenvalue weighted by Gasteiger charge is 2.19. The third-order valence-corrected chi connectivity index (χ3v) is 3.80. The van der Waals surface area contributed by atoms with Crippen LogP contribution in [0.1, 0.15) is 18.7 Å². The molecule has 104 valence electrons. The van der Waals surface area contributed by atoms with Gasteiger partial charge in [0.05, 0.1) is 15.9 Å². The van der Waals surface area contributed by atoms with E-state index < -0.39 is 0 Å². The zero-order chi connectivity index (χ0) is 14.3. The number of nitrogens with zero attached hydrogens (tertiary/aromatic N) is 3. The SMILES string of the molecule is CN(C)/C=C1\CCCn2c1nc(=O)c1c(Cl)cccc12. The Labute approximate surface area is 122 Å². The minimum Gasteiger partial charge on any atom is -0.383 e. The summed E-state index contributed by atoms with van der Waals surface area (Å²) in [5.41, 5.74) is 1.72. The van der Waals surface area contributed by atoms with Crippen LogP contribution in [0.5, 0.6) is 0 Å². The lowest BCUT2D eigenvalue weighted by Crippen LogP contribution is -2.22. The molecule has 0 atom stereocenters. The number of allylic oxidation sites excluding steroid dienone is 1. The quantitative estimate of drug-likeness (QED) is 0.810. The van der Waals surface area contributed by atoms with Gasteiger partial charge in [0.15, 0.2) is 0 Å². The Morgan fingerprint density at radius 3 is 2.95 bits per heavy atom. The monoisotopic (exact) mass is 289 g/mol. The highest BCUT2D eigenvalue weighted by atomic mass is 35.5. The van der Waals surface area contributed by atoms with Crippen LogP contribution >= 0.6 is 11.6 Å².